The van der Waals surface area contributed by atoms with Crippen molar-refractivity contribution in [2.75, 3.05) is 13.7 Å². The summed E-state index contributed by atoms with van der Waals surface area (Å²) in [6.45, 7) is 6.38. The van der Waals surface area contributed by atoms with Gasteiger partial charge in [-0.2, -0.15) is 0 Å². The first-order chi connectivity index (χ1) is 15.6. The third kappa shape index (κ3) is 4.20. The van der Waals surface area contributed by atoms with E-state index in [4.69, 9.17) is 9.47 Å². The molecule has 1 N–H and O–H groups in total. The normalized spacial score (nSPS) is 15.3. The van der Waals surface area contributed by atoms with Crippen LogP contribution in [0.2, 0.25) is 0 Å². The molecular weight excluding hydrogens is 440 g/mol. The molecule has 1 saturated carbocycles. The van der Waals surface area contributed by atoms with E-state index in [2.05, 4.69) is 9.71 Å². The topological polar surface area (TPSA) is 94.6 Å². The molecule has 1 amide bonds. The van der Waals surface area contributed by atoms with E-state index in [-0.39, 0.29) is 4.90 Å². The second kappa shape index (κ2) is 8.43. The van der Waals surface area contributed by atoms with Gasteiger partial charge in [-0.25, -0.2) is 13.1 Å². The molecular formula is C25H28N2O5S. The van der Waals surface area contributed by atoms with E-state index in [1.165, 1.54) is 6.07 Å². The molecule has 1 aliphatic rings. The van der Waals surface area contributed by atoms with Crippen LogP contribution in [-0.2, 0) is 30.6 Å². The summed E-state index contributed by atoms with van der Waals surface area (Å²) in [5.41, 5.74) is 0.565. The van der Waals surface area contributed by atoms with E-state index in [9.17, 15) is 13.2 Å². The highest BCUT2D eigenvalue weighted by molar-refractivity contribution is 7.90. The summed E-state index contributed by atoms with van der Waals surface area (Å²) < 4.78 is 40.2. The lowest BCUT2D eigenvalue weighted by atomic mass is 9.88. The summed E-state index contributed by atoms with van der Waals surface area (Å²) in [5.74, 6) is -0.0153. The molecule has 0 unspecified atom stereocenters. The zero-order valence-electron chi connectivity index (χ0n) is 19.2. The zero-order valence-corrected chi connectivity index (χ0v) is 20.0. The lowest BCUT2D eigenvalue weighted by molar-refractivity contribution is -0.121. The second-order valence-corrected chi connectivity index (χ2v) is 10.4. The molecule has 7 nitrogen and oxygen atoms in total. The van der Waals surface area contributed by atoms with E-state index >= 15 is 0 Å². The van der Waals surface area contributed by atoms with Gasteiger partial charge < -0.3 is 9.47 Å². The third-order valence-corrected chi connectivity index (χ3v) is 7.61. The quantitative estimate of drug-likeness (QED) is 0.536. The highest BCUT2D eigenvalue weighted by Gasteiger charge is 2.54. The van der Waals surface area contributed by atoms with Crippen LogP contribution in [0.5, 0.6) is 5.75 Å². The first-order valence-corrected chi connectivity index (χ1v) is 12.4. The molecule has 1 aromatic heterocycles. The molecule has 174 valence electrons. The van der Waals surface area contributed by atoms with Gasteiger partial charge in [-0.15, -0.1) is 0 Å². The Labute approximate surface area is 194 Å². The summed E-state index contributed by atoms with van der Waals surface area (Å²) in [6.07, 6.45) is 2.65. The largest absolute Gasteiger partial charge is 0.496 e. The van der Waals surface area contributed by atoms with Crippen LogP contribution in [-0.4, -0.2) is 33.0 Å². The lowest BCUT2D eigenvalue weighted by Crippen LogP contribution is -2.39. The maximum atomic E-state index is 13.4. The van der Waals surface area contributed by atoms with Gasteiger partial charge in [0.1, 0.15) is 5.75 Å². The maximum Gasteiger partial charge on any atom is 0.264 e. The van der Waals surface area contributed by atoms with E-state index < -0.39 is 26.9 Å². The molecule has 0 atom stereocenters. The lowest BCUT2D eigenvalue weighted by Gasteiger charge is -2.27. The Morgan fingerprint density at radius 2 is 1.91 bits per heavy atom. The number of methoxy groups -OCH3 is 1. The number of amides is 1. The standard InChI is InChI=1S/C25H28N2O5S/c1-5-32-24(2,3)17-11-12-21(31-4)19(16-17)25(13-14-25)23(28)27-33(29,30)22-10-6-9-20-18(22)8-7-15-26-20/h6-12,15-16H,5,13-14H2,1-4H3,(H,27,28). The Bertz CT molecular complexity index is 1310. The summed E-state index contributed by atoms with van der Waals surface area (Å²) in [7, 11) is -2.57. The Kier molecular flexibility index (Phi) is 5.92. The average Bonchev–Trinajstić information content (AvgIpc) is 3.60. The van der Waals surface area contributed by atoms with Gasteiger partial charge in [-0.3, -0.25) is 9.78 Å². The van der Waals surface area contributed by atoms with Gasteiger partial charge in [-0.05, 0) is 75.6 Å². The molecule has 0 aliphatic heterocycles. The van der Waals surface area contributed by atoms with Crippen LogP contribution in [0.4, 0.5) is 0 Å². The van der Waals surface area contributed by atoms with Crippen molar-refractivity contribution >= 4 is 26.8 Å². The van der Waals surface area contributed by atoms with Gasteiger partial charge in [0.2, 0.25) is 5.91 Å². The SMILES string of the molecule is CCOC(C)(C)c1ccc(OC)c(C2(C(=O)NS(=O)(=O)c3cccc4ncccc34)CC2)c1. The van der Waals surface area contributed by atoms with Crippen LogP contribution in [0.15, 0.2) is 59.6 Å². The number of benzene rings is 2. The maximum absolute atomic E-state index is 13.4. The number of sulfonamides is 1. The molecule has 1 fully saturated rings. The summed E-state index contributed by atoms with van der Waals surface area (Å²) >= 11 is 0. The predicted molar refractivity (Wildman–Crippen MR) is 126 cm³/mol. The molecule has 0 radical (unpaired) electrons. The van der Waals surface area contributed by atoms with E-state index in [1.807, 2.05) is 39.0 Å². The third-order valence-electron chi connectivity index (χ3n) is 6.22. The van der Waals surface area contributed by atoms with Crippen molar-refractivity contribution < 1.29 is 22.7 Å². The van der Waals surface area contributed by atoms with Crippen LogP contribution < -0.4 is 9.46 Å². The van der Waals surface area contributed by atoms with E-state index in [1.54, 1.807) is 37.6 Å². The summed E-state index contributed by atoms with van der Waals surface area (Å²) in [5, 5.41) is 0.461. The highest BCUT2D eigenvalue weighted by atomic mass is 32.2. The van der Waals surface area contributed by atoms with Crippen molar-refractivity contribution in [2.45, 2.75) is 49.5 Å². The molecule has 0 saturated heterocycles. The van der Waals surface area contributed by atoms with Gasteiger partial charge in [0.25, 0.3) is 10.0 Å². The zero-order chi connectivity index (χ0) is 23.9. The fourth-order valence-corrected chi connectivity index (χ4v) is 5.50. The number of rotatable bonds is 8. The van der Waals surface area contributed by atoms with Crippen LogP contribution in [0.25, 0.3) is 10.9 Å². The average molecular weight is 469 g/mol. The van der Waals surface area contributed by atoms with Crippen LogP contribution in [0.3, 0.4) is 0 Å². The Morgan fingerprint density at radius 1 is 1.15 bits per heavy atom. The number of nitrogens with zero attached hydrogens (tertiary/aromatic N) is 1. The number of aromatic nitrogens is 1. The number of carbonyl (C=O) groups is 1. The Hall–Kier alpha value is -2.97. The fraction of sp³-hybridized carbons (Fsp3) is 0.360. The number of fused-ring (bicyclic) bond motifs is 1. The highest BCUT2D eigenvalue weighted by Crippen LogP contribution is 2.52. The minimum atomic E-state index is -4.11. The number of nitrogens with one attached hydrogen (secondary N) is 1. The minimum Gasteiger partial charge on any atom is -0.496 e. The molecule has 33 heavy (non-hydrogen) atoms. The van der Waals surface area contributed by atoms with Crippen LogP contribution in [0, 0.1) is 0 Å². The molecule has 2 aromatic carbocycles. The summed E-state index contributed by atoms with van der Waals surface area (Å²) in [4.78, 5) is 17.6. The van der Waals surface area contributed by atoms with Crippen molar-refractivity contribution in [2.24, 2.45) is 0 Å². The molecule has 0 bridgehead atoms. The van der Waals surface area contributed by atoms with Gasteiger partial charge in [0.05, 0.1) is 28.5 Å². The second-order valence-electron chi connectivity index (χ2n) is 8.70. The van der Waals surface area contributed by atoms with Gasteiger partial charge in [-0.1, -0.05) is 12.1 Å². The molecule has 3 aromatic rings. The molecule has 4 rings (SSSR count). The number of pyridine rings is 1. The van der Waals surface area contributed by atoms with E-state index in [0.717, 1.165) is 5.56 Å². The van der Waals surface area contributed by atoms with Crippen molar-refractivity contribution in [3.63, 3.8) is 0 Å². The minimum absolute atomic E-state index is 0.0236. The van der Waals surface area contributed by atoms with E-state index in [0.29, 0.717) is 41.7 Å². The number of ether oxygens (including phenoxy) is 2. The monoisotopic (exact) mass is 468 g/mol. The predicted octanol–water partition coefficient (Wildman–Crippen LogP) is 4.05. The van der Waals surface area contributed by atoms with Gasteiger partial charge in [0.15, 0.2) is 0 Å². The fourth-order valence-electron chi connectivity index (χ4n) is 4.23. The first kappa shape index (κ1) is 23.2. The summed E-state index contributed by atoms with van der Waals surface area (Å²) in [6, 6.07) is 13.8. The molecule has 0 spiro atoms. The number of hydrogen-bond acceptors (Lipinski definition) is 6. The van der Waals surface area contributed by atoms with Gasteiger partial charge in [0, 0.05) is 23.8 Å². The first-order valence-electron chi connectivity index (χ1n) is 10.9. The molecule has 1 aliphatic carbocycles. The van der Waals surface area contributed by atoms with Crippen molar-refractivity contribution in [3.05, 3.63) is 65.9 Å². The van der Waals surface area contributed by atoms with Crippen molar-refractivity contribution in [3.8, 4) is 5.75 Å². The molecule has 8 heteroatoms. The van der Waals surface area contributed by atoms with Crippen LogP contribution in [0.1, 0.15) is 44.7 Å². The molecule has 1 heterocycles. The van der Waals surface area contributed by atoms with Crippen molar-refractivity contribution in [1.82, 2.24) is 9.71 Å². The number of hydrogen-bond donors (Lipinski definition) is 1. The van der Waals surface area contributed by atoms with Crippen molar-refractivity contribution in [1.29, 1.82) is 0 Å². The Balaban J connectivity index is 1.71. The smallest absolute Gasteiger partial charge is 0.264 e. The van der Waals surface area contributed by atoms with Gasteiger partial charge >= 0.3 is 0 Å². The number of carbonyl (C=O) groups excluding carboxylic acids is 1. The van der Waals surface area contributed by atoms with Crippen LogP contribution >= 0.6 is 0 Å². The Morgan fingerprint density at radius 3 is 2.58 bits per heavy atom.